The fraction of sp³-hybridized carbons (Fsp3) is 1.00. The van der Waals surface area contributed by atoms with Gasteiger partial charge in [0.25, 0.3) is 0 Å². The third-order valence-corrected chi connectivity index (χ3v) is 2.24. The van der Waals surface area contributed by atoms with Gasteiger partial charge in [-0.2, -0.15) is 13.2 Å². The fourth-order valence-corrected chi connectivity index (χ4v) is 1.52. The summed E-state index contributed by atoms with van der Waals surface area (Å²) in [6.45, 7) is 7.04. The minimum absolute atomic E-state index is 0.0952. The molecule has 0 amide bonds. The molecular weight excluding hydrogens is 219 g/mol. The largest absolute Gasteiger partial charge is 0.389 e. The average molecular weight is 241 g/mol. The van der Waals surface area contributed by atoms with Crippen LogP contribution in [0, 0.1) is 0 Å². The van der Waals surface area contributed by atoms with Crippen molar-refractivity contribution in [1.29, 1.82) is 0 Å². The predicted molar refractivity (Wildman–Crippen MR) is 58.5 cm³/mol. The molecule has 0 aliphatic carbocycles. The van der Waals surface area contributed by atoms with Gasteiger partial charge in [0.05, 0.1) is 6.61 Å². The van der Waals surface area contributed by atoms with Crippen LogP contribution < -0.4 is 5.32 Å². The molecule has 0 saturated heterocycles. The van der Waals surface area contributed by atoms with Crippen LogP contribution in [0.3, 0.4) is 0 Å². The SMILES string of the molecule is CCOCC(C)NC(C)CCCC(F)(F)F. The number of halogens is 3. The summed E-state index contributed by atoms with van der Waals surface area (Å²) in [6, 6.07) is 0.277. The van der Waals surface area contributed by atoms with Crippen molar-refractivity contribution in [3.05, 3.63) is 0 Å². The summed E-state index contributed by atoms with van der Waals surface area (Å²) in [5, 5.41) is 3.21. The van der Waals surface area contributed by atoms with E-state index in [9.17, 15) is 13.2 Å². The Bertz CT molecular complexity index is 173. The van der Waals surface area contributed by atoms with Crippen LogP contribution in [-0.4, -0.2) is 31.5 Å². The summed E-state index contributed by atoms with van der Waals surface area (Å²) in [5.74, 6) is 0. The molecule has 0 aliphatic heterocycles. The van der Waals surface area contributed by atoms with Crippen LogP contribution in [0.2, 0.25) is 0 Å². The van der Waals surface area contributed by atoms with Crippen molar-refractivity contribution in [3.63, 3.8) is 0 Å². The van der Waals surface area contributed by atoms with Crippen molar-refractivity contribution in [2.45, 2.75) is 58.3 Å². The minimum atomic E-state index is -4.03. The second kappa shape index (κ2) is 7.90. The van der Waals surface area contributed by atoms with Crippen LogP contribution >= 0.6 is 0 Å². The summed E-state index contributed by atoms with van der Waals surface area (Å²) in [6.07, 6.45) is -4.01. The lowest BCUT2D eigenvalue weighted by molar-refractivity contribution is -0.135. The summed E-state index contributed by atoms with van der Waals surface area (Å²) < 4.78 is 40.9. The smallest absolute Gasteiger partial charge is 0.380 e. The Morgan fingerprint density at radius 3 is 2.31 bits per heavy atom. The summed E-state index contributed by atoms with van der Waals surface area (Å²) in [7, 11) is 0. The van der Waals surface area contributed by atoms with Crippen molar-refractivity contribution in [1.82, 2.24) is 5.32 Å². The Balaban J connectivity index is 3.54. The van der Waals surface area contributed by atoms with Gasteiger partial charge >= 0.3 is 6.18 Å². The van der Waals surface area contributed by atoms with Gasteiger partial charge in [0, 0.05) is 25.1 Å². The zero-order valence-corrected chi connectivity index (χ0v) is 10.2. The van der Waals surface area contributed by atoms with E-state index in [4.69, 9.17) is 4.74 Å². The number of ether oxygens (including phenoxy) is 1. The topological polar surface area (TPSA) is 21.3 Å². The predicted octanol–water partition coefficient (Wildman–Crippen LogP) is 3.12. The van der Waals surface area contributed by atoms with E-state index in [0.29, 0.717) is 19.6 Å². The van der Waals surface area contributed by atoms with E-state index in [2.05, 4.69) is 5.32 Å². The first-order chi connectivity index (χ1) is 7.35. The molecule has 0 aromatic rings. The summed E-state index contributed by atoms with van der Waals surface area (Å²) in [5.41, 5.74) is 0. The molecule has 0 aliphatic rings. The Hall–Kier alpha value is -0.290. The number of alkyl halides is 3. The Kier molecular flexibility index (Phi) is 7.76. The second-order valence-corrected chi connectivity index (χ2v) is 4.14. The highest BCUT2D eigenvalue weighted by atomic mass is 19.4. The molecule has 2 nitrogen and oxygen atoms in total. The molecule has 0 spiro atoms. The molecule has 2 unspecified atom stereocenters. The van der Waals surface area contributed by atoms with Crippen LogP contribution in [-0.2, 0) is 4.74 Å². The van der Waals surface area contributed by atoms with E-state index in [0.717, 1.165) is 0 Å². The third kappa shape index (κ3) is 10.2. The maximum Gasteiger partial charge on any atom is 0.389 e. The van der Waals surface area contributed by atoms with Gasteiger partial charge < -0.3 is 10.1 Å². The fourth-order valence-electron chi connectivity index (χ4n) is 1.52. The summed E-state index contributed by atoms with van der Waals surface area (Å²) >= 11 is 0. The lowest BCUT2D eigenvalue weighted by Crippen LogP contribution is -2.37. The van der Waals surface area contributed by atoms with Crippen molar-refractivity contribution >= 4 is 0 Å². The Morgan fingerprint density at radius 1 is 1.19 bits per heavy atom. The monoisotopic (exact) mass is 241 g/mol. The zero-order chi connectivity index (χ0) is 12.6. The maximum atomic E-state index is 11.9. The second-order valence-electron chi connectivity index (χ2n) is 4.14. The van der Waals surface area contributed by atoms with Crippen LogP contribution in [0.15, 0.2) is 0 Å². The molecule has 16 heavy (non-hydrogen) atoms. The van der Waals surface area contributed by atoms with E-state index in [-0.39, 0.29) is 18.5 Å². The zero-order valence-electron chi connectivity index (χ0n) is 10.2. The molecule has 0 aromatic heterocycles. The molecule has 0 bridgehead atoms. The van der Waals surface area contributed by atoms with Gasteiger partial charge in [-0.25, -0.2) is 0 Å². The number of nitrogens with one attached hydrogen (secondary N) is 1. The molecule has 0 radical (unpaired) electrons. The molecule has 0 fully saturated rings. The molecule has 1 N–H and O–H groups in total. The highest BCUT2D eigenvalue weighted by Gasteiger charge is 2.26. The van der Waals surface area contributed by atoms with E-state index in [1.807, 2.05) is 20.8 Å². The molecule has 0 aromatic carbocycles. The lowest BCUT2D eigenvalue weighted by atomic mass is 10.1. The number of rotatable bonds is 8. The van der Waals surface area contributed by atoms with Gasteiger partial charge in [-0.05, 0) is 33.6 Å². The first-order valence-corrected chi connectivity index (χ1v) is 5.75. The van der Waals surface area contributed by atoms with E-state index >= 15 is 0 Å². The highest BCUT2D eigenvalue weighted by Crippen LogP contribution is 2.22. The van der Waals surface area contributed by atoms with Gasteiger partial charge in [-0.15, -0.1) is 0 Å². The molecule has 0 heterocycles. The first-order valence-electron chi connectivity index (χ1n) is 5.75. The van der Waals surface area contributed by atoms with Gasteiger partial charge in [-0.3, -0.25) is 0 Å². The van der Waals surface area contributed by atoms with Gasteiger partial charge in [0.15, 0.2) is 0 Å². The van der Waals surface area contributed by atoms with E-state index < -0.39 is 12.6 Å². The quantitative estimate of drug-likeness (QED) is 0.705. The average Bonchev–Trinajstić information content (AvgIpc) is 2.12. The standard InChI is InChI=1S/C11H22F3NO/c1-4-16-8-10(3)15-9(2)6-5-7-11(12,13)14/h9-10,15H,4-8H2,1-3H3. The Morgan fingerprint density at radius 2 is 1.81 bits per heavy atom. The van der Waals surface area contributed by atoms with Crippen molar-refractivity contribution in [3.8, 4) is 0 Å². The molecule has 0 rings (SSSR count). The normalized spacial score (nSPS) is 16.1. The molecule has 2 atom stereocenters. The number of hydrogen-bond acceptors (Lipinski definition) is 2. The van der Waals surface area contributed by atoms with Gasteiger partial charge in [-0.1, -0.05) is 0 Å². The van der Waals surface area contributed by atoms with Crippen LogP contribution in [0.4, 0.5) is 13.2 Å². The third-order valence-electron chi connectivity index (χ3n) is 2.24. The lowest BCUT2D eigenvalue weighted by Gasteiger charge is -2.20. The molecular formula is C11H22F3NO. The maximum absolute atomic E-state index is 11.9. The minimum Gasteiger partial charge on any atom is -0.380 e. The highest BCUT2D eigenvalue weighted by molar-refractivity contribution is 4.67. The molecule has 0 saturated carbocycles. The molecule has 5 heteroatoms. The Labute approximate surface area is 95.5 Å². The summed E-state index contributed by atoms with van der Waals surface area (Å²) in [4.78, 5) is 0. The van der Waals surface area contributed by atoms with Crippen LogP contribution in [0.1, 0.15) is 40.0 Å². The van der Waals surface area contributed by atoms with Gasteiger partial charge in [0.1, 0.15) is 0 Å². The van der Waals surface area contributed by atoms with Crippen LogP contribution in [0.5, 0.6) is 0 Å². The first kappa shape index (κ1) is 15.7. The van der Waals surface area contributed by atoms with Crippen molar-refractivity contribution in [2.75, 3.05) is 13.2 Å². The number of hydrogen-bond donors (Lipinski definition) is 1. The van der Waals surface area contributed by atoms with Crippen molar-refractivity contribution in [2.24, 2.45) is 0 Å². The molecule has 98 valence electrons. The van der Waals surface area contributed by atoms with E-state index in [1.54, 1.807) is 0 Å². The van der Waals surface area contributed by atoms with E-state index in [1.165, 1.54) is 0 Å². The van der Waals surface area contributed by atoms with Gasteiger partial charge in [0.2, 0.25) is 0 Å². The van der Waals surface area contributed by atoms with Crippen molar-refractivity contribution < 1.29 is 17.9 Å². The van der Waals surface area contributed by atoms with Crippen LogP contribution in [0.25, 0.3) is 0 Å².